The Kier molecular flexibility index (Phi) is 6.41. The van der Waals surface area contributed by atoms with Crippen molar-refractivity contribution < 1.29 is 9.53 Å². The lowest BCUT2D eigenvalue weighted by Crippen LogP contribution is -2.30. The van der Waals surface area contributed by atoms with Gasteiger partial charge in [-0.1, -0.05) is 19.9 Å². The van der Waals surface area contributed by atoms with Gasteiger partial charge < -0.3 is 15.4 Å². The number of aromatic nitrogens is 1. The number of benzene rings is 1. The molecule has 5 heteroatoms. The maximum Gasteiger partial charge on any atom is 0.319 e. The van der Waals surface area contributed by atoms with Crippen molar-refractivity contribution >= 4 is 11.7 Å². The molecular formula is C18H23N3O2. The summed E-state index contributed by atoms with van der Waals surface area (Å²) < 4.78 is 5.61. The quantitative estimate of drug-likeness (QED) is 0.822. The number of urea groups is 1. The molecule has 0 saturated carbocycles. The first-order chi connectivity index (χ1) is 11.1. The second kappa shape index (κ2) is 8.78. The summed E-state index contributed by atoms with van der Waals surface area (Å²) in [5.74, 6) is 1.29. The van der Waals surface area contributed by atoms with Crippen molar-refractivity contribution in [1.82, 2.24) is 10.3 Å². The fraction of sp³-hybridized carbons (Fsp3) is 0.333. The van der Waals surface area contributed by atoms with E-state index in [-0.39, 0.29) is 6.03 Å². The number of ether oxygens (including phenoxy) is 1. The van der Waals surface area contributed by atoms with Gasteiger partial charge in [-0.2, -0.15) is 0 Å². The highest BCUT2D eigenvalue weighted by Gasteiger charge is 2.02. The molecule has 0 atom stereocenters. The molecule has 0 saturated heterocycles. The monoisotopic (exact) mass is 313 g/mol. The number of amides is 2. The van der Waals surface area contributed by atoms with Crippen molar-refractivity contribution in [2.24, 2.45) is 5.92 Å². The van der Waals surface area contributed by atoms with Crippen molar-refractivity contribution in [1.29, 1.82) is 0 Å². The van der Waals surface area contributed by atoms with Gasteiger partial charge in [-0.15, -0.1) is 0 Å². The lowest BCUT2D eigenvalue weighted by atomic mass is 10.2. The summed E-state index contributed by atoms with van der Waals surface area (Å²) in [4.78, 5) is 15.9. The number of nitrogens with zero attached hydrogens (tertiary/aromatic N) is 1. The van der Waals surface area contributed by atoms with E-state index in [0.717, 1.165) is 23.4 Å². The van der Waals surface area contributed by atoms with Gasteiger partial charge in [0, 0.05) is 24.6 Å². The maximum absolute atomic E-state index is 11.8. The standard InChI is InChI=1S/C18H23N3O2/c1-14(2)13-23-17-7-5-16(6-8-17)21-18(22)20-11-9-15-4-3-10-19-12-15/h3-8,10,12,14H,9,11,13H2,1-2H3,(H2,20,21,22). The summed E-state index contributed by atoms with van der Waals surface area (Å²) in [6.45, 7) is 5.45. The smallest absolute Gasteiger partial charge is 0.319 e. The van der Waals surface area contributed by atoms with E-state index in [1.165, 1.54) is 0 Å². The average Bonchev–Trinajstić information content (AvgIpc) is 2.55. The molecular weight excluding hydrogens is 290 g/mol. The van der Waals surface area contributed by atoms with Crippen LogP contribution in [0.1, 0.15) is 19.4 Å². The van der Waals surface area contributed by atoms with Gasteiger partial charge in [0.1, 0.15) is 5.75 Å². The number of anilines is 1. The van der Waals surface area contributed by atoms with Gasteiger partial charge in [0.05, 0.1) is 6.61 Å². The van der Waals surface area contributed by atoms with E-state index in [0.29, 0.717) is 19.1 Å². The van der Waals surface area contributed by atoms with E-state index in [1.807, 2.05) is 36.4 Å². The molecule has 2 amide bonds. The van der Waals surface area contributed by atoms with Crippen molar-refractivity contribution in [2.75, 3.05) is 18.5 Å². The zero-order chi connectivity index (χ0) is 16.5. The Morgan fingerprint density at radius 2 is 2.00 bits per heavy atom. The number of hydrogen-bond donors (Lipinski definition) is 2. The molecule has 2 aromatic rings. The zero-order valence-electron chi connectivity index (χ0n) is 13.6. The lowest BCUT2D eigenvalue weighted by molar-refractivity contribution is 0.252. The SMILES string of the molecule is CC(C)COc1ccc(NC(=O)NCCc2cccnc2)cc1. The number of carbonyl (C=O) groups excluding carboxylic acids is 1. The molecule has 2 rings (SSSR count). The Labute approximate surface area is 137 Å². The molecule has 1 aromatic carbocycles. The highest BCUT2D eigenvalue weighted by Crippen LogP contribution is 2.16. The molecule has 0 radical (unpaired) electrons. The molecule has 23 heavy (non-hydrogen) atoms. The summed E-state index contributed by atoms with van der Waals surface area (Å²) >= 11 is 0. The Morgan fingerprint density at radius 3 is 2.65 bits per heavy atom. The van der Waals surface area contributed by atoms with Crippen LogP contribution in [0, 0.1) is 5.92 Å². The fourth-order valence-electron chi connectivity index (χ4n) is 1.94. The molecule has 0 aliphatic rings. The van der Waals surface area contributed by atoms with Crippen LogP contribution in [0.25, 0.3) is 0 Å². The first kappa shape index (κ1) is 16.8. The number of carbonyl (C=O) groups is 1. The van der Waals surface area contributed by atoms with Crippen LogP contribution in [0.4, 0.5) is 10.5 Å². The maximum atomic E-state index is 11.8. The largest absolute Gasteiger partial charge is 0.493 e. The van der Waals surface area contributed by atoms with Gasteiger partial charge in [-0.05, 0) is 48.2 Å². The predicted octanol–water partition coefficient (Wildman–Crippen LogP) is 3.48. The second-order valence-corrected chi connectivity index (χ2v) is 5.72. The highest BCUT2D eigenvalue weighted by molar-refractivity contribution is 5.89. The number of hydrogen-bond acceptors (Lipinski definition) is 3. The normalized spacial score (nSPS) is 10.4. The van der Waals surface area contributed by atoms with Gasteiger partial charge in [-0.25, -0.2) is 4.79 Å². The molecule has 0 aliphatic heterocycles. The van der Waals surface area contributed by atoms with Crippen molar-refractivity contribution in [3.8, 4) is 5.75 Å². The topological polar surface area (TPSA) is 63.2 Å². The van der Waals surface area contributed by atoms with Gasteiger partial charge in [0.2, 0.25) is 0 Å². The second-order valence-electron chi connectivity index (χ2n) is 5.72. The van der Waals surface area contributed by atoms with Crippen LogP contribution in [0.15, 0.2) is 48.8 Å². The summed E-state index contributed by atoms with van der Waals surface area (Å²) in [7, 11) is 0. The molecule has 0 fully saturated rings. The van der Waals surface area contributed by atoms with Crippen molar-refractivity contribution in [3.05, 3.63) is 54.4 Å². The molecule has 0 spiro atoms. The zero-order valence-corrected chi connectivity index (χ0v) is 13.6. The van der Waals surface area contributed by atoms with Crippen LogP contribution < -0.4 is 15.4 Å². The molecule has 2 N–H and O–H groups in total. The molecule has 0 unspecified atom stereocenters. The van der Waals surface area contributed by atoms with Gasteiger partial charge >= 0.3 is 6.03 Å². The lowest BCUT2D eigenvalue weighted by Gasteiger charge is -2.10. The average molecular weight is 313 g/mol. The Bertz CT molecular complexity index is 597. The Balaban J connectivity index is 1.72. The summed E-state index contributed by atoms with van der Waals surface area (Å²) in [6.07, 6.45) is 4.29. The minimum absolute atomic E-state index is 0.218. The third kappa shape index (κ3) is 6.38. The first-order valence-electron chi connectivity index (χ1n) is 7.80. The Hall–Kier alpha value is -2.56. The summed E-state index contributed by atoms with van der Waals surface area (Å²) in [5, 5.41) is 5.62. The molecule has 1 heterocycles. The third-order valence-electron chi connectivity index (χ3n) is 3.12. The molecule has 0 aliphatic carbocycles. The van der Waals surface area contributed by atoms with Gasteiger partial charge in [0.25, 0.3) is 0 Å². The highest BCUT2D eigenvalue weighted by atomic mass is 16.5. The van der Waals surface area contributed by atoms with Crippen molar-refractivity contribution in [2.45, 2.75) is 20.3 Å². The van der Waals surface area contributed by atoms with Crippen LogP contribution in [0.2, 0.25) is 0 Å². The van der Waals surface area contributed by atoms with Crippen LogP contribution in [0.5, 0.6) is 5.75 Å². The molecule has 122 valence electrons. The van der Waals surface area contributed by atoms with Crippen LogP contribution >= 0.6 is 0 Å². The third-order valence-corrected chi connectivity index (χ3v) is 3.12. The molecule has 0 bridgehead atoms. The van der Waals surface area contributed by atoms with E-state index >= 15 is 0 Å². The van der Waals surface area contributed by atoms with Crippen LogP contribution in [-0.2, 0) is 6.42 Å². The summed E-state index contributed by atoms with van der Waals surface area (Å²) in [6, 6.07) is 11.0. The fourth-order valence-corrected chi connectivity index (χ4v) is 1.94. The van der Waals surface area contributed by atoms with E-state index in [9.17, 15) is 4.79 Å². The van der Waals surface area contributed by atoms with Crippen LogP contribution in [-0.4, -0.2) is 24.2 Å². The summed E-state index contributed by atoms with van der Waals surface area (Å²) in [5.41, 5.74) is 1.83. The first-order valence-corrected chi connectivity index (χ1v) is 7.80. The van der Waals surface area contributed by atoms with E-state index in [2.05, 4.69) is 29.5 Å². The van der Waals surface area contributed by atoms with E-state index < -0.39 is 0 Å². The van der Waals surface area contributed by atoms with Gasteiger partial charge in [-0.3, -0.25) is 4.98 Å². The minimum atomic E-state index is -0.218. The number of rotatable bonds is 7. The van der Waals surface area contributed by atoms with E-state index in [1.54, 1.807) is 12.4 Å². The minimum Gasteiger partial charge on any atom is -0.493 e. The van der Waals surface area contributed by atoms with Gasteiger partial charge in [0.15, 0.2) is 0 Å². The Morgan fingerprint density at radius 1 is 1.22 bits per heavy atom. The van der Waals surface area contributed by atoms with Crippen molar-refractivity contribution in [3.63, 3.8) is 0 Å². The number of pyridine rings is 1. The van der Waals surface area contributed by atoms with Crippen LogP contribution in [0.3, 0.4) is 0 Å². The molecule has 1 aromatic heterocycles. The number of nitrogens with one attached hydrogen (secondary N) is 2. The molecule has 5 nitrogen and oxygen atoms in total. The van der Waals surface area contributed by atoms with E-state index in [4.69, 9.17) is 4.74 Å². The predicted molar refractivity (Wildman–Crippen MR) is 91.7 cm³/mol.